The largest absolute Gasteiger partial charge is 0.497 e. The zero-order valence-corrected chi connectivity index (χ0v) is 12.4. The zero-order chi connectivity index (χ0) is 15.9. The van der Waals surface area contributed by atoms with Gasteiger partial charge in [0, 0.05) is 11.6 Å². The van der Waals surface area contributed by atoms with Crippen LogP contribution >= 0.6 is 0 Å². The number of ether oxygens (including phenoxy) is 2. The molecule has 0 saturated heterocycles. The second kappa shape index (κ2) is 7.22. The molecule has 4 nitrogen and oxygen atoms in total. The van der Waals surface area contributed by atoms with E-state index in [-0.39, 0.29) is 5.78 Å². The van der Waals surface area contributed by atoms with Crippen molar-refractivity contribution < 1.29 is 19.1 Å². The van der Waals surface area contributed by atoms with Gasteiger partial charge in [-0.05, 0) is 55.0 Å². The molecule has 4 heteroatoms. The van der Waals surface area contributed by atoms with Crippen LogP contribution < -0.4 is 9.47 Å². The minimum atomic E-state index is -0.480. The smallest absolute Gasteiger partial charge is 0.336 e. The molecule has 2 aromatic rings. The van der Waals surface area contributed by atoms with Crippen LogP contribution in [0.1, 0.15) is 22.8 Å². The standard InChI is InChI=1S/C18H16O4/c1-13(19)15-6-10-17(11-7-15)22-18(20)12-5-14-3-8-16(21-2)9-4-14/h3-12H,1-2H3. The minimum absolute atomic E-state index is 0.0303. The average molecular weight is 296 g/mol. The van der Waals surface area contributed by atoms with E-state index in [1.165, 1.54) is 13.0 Å². The van der Waals surface area contributed by atoms with Gasteiger partial charge in [0.25, 0.3) is 0 Å². The summed E-state index contributed by atoms with van der Waals surface area (Å²) in [6.45, 7) is 1.48. The Labute approximate surface area is 129 Å². The summed E-state index contributed by atoms with van der Waals surface area (Å²) in [5, 5.41) is 0. The van der Waals surface area contributed by atoms with Crippen LogP contribution in [0.5, 0.6) is 11.5 Å². The highest BCUT2D eigenvalue weighted by atomic mass is 16.5. The van der Waals surface area contributed by atoms with Gasteiger partial charge in [0.15, 0.2) is 5.78 Å². The molecular formula is C18H16O4. The fraction of sp³-hybridized carbons (Fsp3) is 0.111. The van der Waals surface area contributed by atoms with Crippen molar-refractivity contribution in [1.82, 2.24) is 0 Å². The predicted octanol–water partition coefficient (Wildman–Crippen LogP) is 3.52. The number of Topliss-reactive ketones (excluding diaryl/α,β-unsaturated/α-hetero) is 1. The molecule has 0 unspecified atom stereocenters. The van der Waals surface area contributed by atoms with Crippen LogP contribution in [0, 0.1) is 0 Å². The summed E-state index contributed by atoms with van der Waals surface area (Å²) in [5.74, 6) is 0.642. The Morgan fingerprint density at radius 2 is 1.50 bits per heavy atom. The first-order valence-electron chi connectivity index (χ1n) is 6.73. The summed E-state index contributed by atoms with van der Waals surface area (Å²) in [6.07, 6.45) is 3.01. The van der Waals surface area contributed by atoms with Crippen molar-refractivity contribution in [1.29, 1.82) is 0 Å². The Morgan fingerprint density at radius 1 is 0.909 bits per heavy atom. The Balaban J connectivity index is 1.96. The van der Waals surface area contributed by atoms with E-state index in [2.05, 4.69) is 0 Å². The molecule has 0 saturated carbocycles. The van der Waals surface area contributed by atoms with E-state index >= 15 is 0 Å². The maximum Gasteiger partial charge on any atom is 0.336 e. The number of benzene rings is 2. The van der Waals surface area contributed by atoms with Gasteiger partial charge in [0.2, 0.25) is 0 Å². The Hall–Kier alpha value is -2.88. The van der Waals surface area contributed by atoms with Crippen LogP contribution in [0.2, 0.25) is 0 Å². The molecule has 0 bridgehead atoms. The highest BCUT2D eigenvalue weighted by molar-refractivity contribution is 5.94. The van der Waals surface area contributed by atoms with Crippen LogP contribution in [0.3, 0.4) is 0 Å². The average Bonchev–Trinajstić information content (AvgIpc) is 2.54. The number of methoxy groups -OCH3 is 1. The fourth-order valence-corrected chi connectivity index (χ4v) is 1.79. The van der Waals surface area contributed by atoms with Crippen molar-refractivity contribution >= 4 is 17.8 Å². The van der Waals surface area contributed by atoms with Gasteiger partial charge in [-0.15, -0.1) is 0 Å². The summed E-state index contributed by atoms with van der Waals surface area (Å²) in [7, 11) is 1.60. The van der Waals surface area contributed by atoms with Crippen LogP contribution in [0.4, 0.5) is 0 Å². The van der Waals surface area contributed by atoms with Crippen molar-refractivity contribution in [3.63, 3.8) is 0 Å². The lowest BCUT2D eigenvalue weighted by atomic mass is 10.1. The molecule has 2 rings (SSSR count). The molecule has 0 fully saturated rings. The fourth-order valence-electron chi connectivity index (χ4n) is 1.79. The van der Waals surface area contributed by atoms with E-state index < -0.39 is 5.97 Å². The molecule has 0 atom stereocenters. The number of rotatable bonds is 5. The first kappa shape index (κ1) is 15.5. The molecule has 0 aliphatic carbocycles. The summed E-state index contributed by atoms with van der Waals surface area (Å²) >= 11 is 0. The second-order valence-electron chi connectivity index (χ2n) is 4.61. The van der Waals surface area contributed by atoms with Gasteiger partial charge in [-0.25, -0.2) is 4.79 Å². The number of ketones is 1. The summed E-state index contributed by atoms with van der Waals surface area (Å²) in [5.41, 5.74) is 1.44. The van der Waals surface area contributed by atoms with Crippen molar-refractivity contribution in [3.05, 3.63) is 65.7 Å². The summed E-state index contributed by atoms with van der Waals surface area (Å²) in [6, 6.07) is 13.7. The normalized spacial score (nSPS) is 10.5. The quantitative estimate of drug-likeness (QED) is 0.367. The van der Waals surface area contributed by atoms with Crippen LogP contribution in [0.25, 0.3) is 6.08 Å². The first-order valence-corrected chi connectivity index (χ1v) is 6.73. The monoisotopic (exact) mass is 296 g/mol. The molecule has 0 aliphatic rings. The Bertz CT molecular complexity index is 682. The highest BCUT2D eigenvalue weighted by Gasteiger charge is 2.03. The molecular weight excluding hydrogens is 280 g/mol. The van der Waals surface area contributed by atoms with Gasteiger partial charge in [-0.2, -0.15) is 0 Å². The predicted molar refractivity (Wildman–Crippen MR) is 84.1 cm³/mol. The Morgan fingerprint density at radius 3 is 2.05 bits per heavy atom. The third-order valence-electron chi connectivity index (χ3n) is 3.01. The third kappa shape index (κ3) is 4.31. The van der Waals surface area contributed by atoms with Crippen LogP contribution in [-0.2, 0) is 4.79 Å². The topological polar surface area (TPSA) is 52.6 Å². The lowest BCUT2D eigenvalue weighted by Crippen LogP contribution is -2.03. The Kier molecular flexibility index (Phi) is 5.09. The van der Waals surface area contributed by atoms with Gasteiger partial charge in [-0.3, -0.25) is 4.79 Å². The molecule has 0 amide bonds. The minimum Gasteiger partial charge on any atom is -0.497 e. The lowest BCUT2D eigenvalue weighted by molar-refractivity contribution is -0.128. The number of hydrogen-bond donors (Lipinski definition) is 0. The van der Waals surface area contributed by atoms with E-state index in [0.717, 1.165) is 11.3 Å². The maximum atomic E-state index is 11.7. The van der Waals surface area contributed by atoms with E-state index in [1.807, 2.05) is 24.3 Å². The number of carbonyl (C=O) groups excluding carboxylic acids is 2. The van der Waals surface area contributed by atoms with Crippen molar-refractivity contribution in [2.75, 3.05) is 7.11 Å². The number of esters is 1. The van der Waals surface area contributed by atoms with E-state index in [9.17, 15) is 9.59 Å². The molecule has 0 heterocycles. The molecule has 0 radical (unpaired) electrons. The van der Waals surface area contributed by atoms with Gasteiger partial charge >= 0.3 is 5.97 Å². The molecule has 0 aromatic heterocycles. The SMILES string of the molecule is COc1ccc(C=CC(=O)Oc2ccc(C(C)=O)cc2)cc1. The molecule has 112 valence electrons. The maximum absolute atomic E-state index is 11.7. The van der Waals surface area contributed by atoms with Crippen LogP contribution in [0.15, 0.2) is 54.6 Å². The van der Waals surface area contributed by atoms with E-state index in [1.54, 1.807) is 37.5 Å². The molecule has 22 heavy (non-hydrogen) atoms. The van der Waals surface area contributed by atoms with E-state index in [0.29, 0.717) is 11.3 Å². The first-order chi connectivity index (χ1) is 10.6. The number of carbonyl (C=O) groups is 2. The van der Waals surface area contributed by atoms with Gasteiger partial charge in [0.1, 0.15) is 11.5 Å². The van der Waals surface area contributed by atoms with Crippen molar-refractivity contribution in [3.8, 4) is 11.5 Å². The second-order valence-corrected chi connectivity index (χ2v) is 4.61. The van der Waals surface area contributed by atoms with Crippen molar-refractivity contribution in [2.24, 2.45) is 0 Å². The van der Waals surface area contributed by atoms with Gasteiger partial charge < -0.3 is 9.47 Å². The van der Waals surface area contributed by atoms with E-state index in [4.69, 9.17) is 9.47 Å². The van der Waals surface area contributed by atoms with Gasteiger partial charge in [-0.1, -0.05) is 12.1 Å². The summed E-state index contributed by atoms with van der Waals surface area (Å²) < 4.78 is 10.2. The van der Waals surface area contributed by atoms with Crippen molar-refractivity contribution in [2.45, 2.75) is 6.92 Å². The van der Waals surface area contributed by atoms with Gasteiger partial charge in [0.05, 0.1) is 7.11 Å². The molecule has 0 aliphatic heterocycles. The lowest BCUT2D eigenvalue weighted by Gasteiger charge is -2.02. The molecule has 2 aromatic carbocycles. The molecule has 0 spiro atoms. The number of hydrogen-bond acceptors (Lipinski definition) is 4. The highest BCUT2D eigenvalue weighted by Crippen LogP contribution is 2.14. The van der Waals surface area contributed by atoms with Crippen LogP contribution in [-0.4, -0.2) is 18.9 Å². The third-order valence-corrected chi connectivity index (χ3v) is 3.01. The summed E-state index contributed by atoms with van der Waals surface area (Å²) in [4.78, 5) is 22.9. The molecule has 0 N–H and O–H groups in total. The zero-order valence-electron chi connectivity index (χ0n) is 12.4.